The van der Waals surface area contributed by atoms with Crippen molar-refractivity contribution >= 4 is 40.8 Å². The van der Waals surface area contributed by atoms with Gasteiger partial charge < -0.3 is 15.5 Å². The van der Waals surface area contributed by atoms with E-state index in [1.54, 1.807) is 19.1 Å². The minimum Gasteiger partial charge on any atom is -0.370 e. The van der Waals surface area contributed by atoms with Gasteiger partial charge in [0, 0.05) is 18.1 Å². The number of carbonyl (C=O) groups is 3. The molecule has 4 rings (SSSR count). The van der Waals surface area contributed by atoms with Gasteiger partial charge in [0.2, 0.25) is 5.91 Å². The molecule has 2 saturated heterocycles. The van der Waals surface area contributed by atoms with E-state index in [9.17, 15) is 14.4 Å². The van der Waals surface area contributed by atoms with E-state index in [1.807, 2.05) is 37.3 Å². The number of benzene rings is 2. The number of anilines is 2. The molecule has 2 aliphatic rings. The van der Waals surface area contributed by atoms with E-state index < -0.39 is 23.4 Å². The maximum absolute atomic E-state index is 13.1. The molecule has 8 heteroatoms. The maximum Gasteiger partial charge on any atom is 0.325 e. The zero-order valence-electron chi connectivity index (χ0n) is 17.6. The molecular formula is C23H25ClN4O3. The highest BCUT2D eigenvalue weighted by Crippen LogP contribution is 2.32. The molecule has 0 bridgehead atoms. The van der Waals surface area contributed by atoms with Crippen molar-refractivity contribution in [2.24, 2.45) is 0 Å². The lowest BCUT2D eigenvalue weighted by molar-refractivity contribution is -0.133. The van der Waals surface area contributed by atoms with Crippen LogP contribution in [0.15, 0.2) is 42.5 Å². The number of nitrogens with zero attached hydrogens (tertiary/aromatic N) is 2. The van der Waals surface area contributed by atoms with Crippen molar-refractivity contribution in [1.29, 1.82) is 0 Å². The highest BCUT2D eigenvalue weighted by molar-refractivity contribution is 6.31. The van der Waals surface area contributed by atoms with Gasteiger partial charge in [-0.15, -0.1) is 0 Å². The summed E-state index contributed by atoms with van der Waals surface area (Å²) in [6.45, 7) is 5.04. The standard InChI is InChI=1S/C23H25ClN4O3/c1-15-5-7-16(8-6-15)23(2)21(30)28(22(31)26-23)14-20(29)25-18-13-17(24)9-10-19(18)27-11-3-4-12-27/h5-10,13H,3-4,11-12,14H2,1-2H3,(H,25,29)(H,26,31). The van der Waals surface area contributed by atoms with Gasteiger partial charge in [0.05, 0.1) is 11.4 Å². The van der Waals surface area contributed by atoms with Crippen molar-refractivity contribution in [3.8, 4) is 0 Å². The van der Waals surface area contributed by atoms with E-state index in [1.165, 1.54) is 0 Å². The molecule has 4 amide bonds. The van der Waals surface area contributed by atoms with E-state index in [0.717, 1.165) is 42.1 Å². The molecule has 7 nitrogen and oxygen atoms in total. The lowest BCUT2D eigenvalue weighted by Gasteiger charge is -2.23. The molecule has 2 aliphatic heterocycles. The fraction of sp³-hybridized carbons (Fsp3) is 0.348. The average Bonchev–Trinajstić information content (AvgIpc) is 3.32. The second-order valence-corrected chi connectivity index (χ2v) is 8.65. The van der Waals surface area contributed by atoms with E-state index in [4.69, 9.17) is 11.6 Å². The SMILES string of the molecule is Cc1ccc(C2(C)NC(=O)N(CC(=O)Nc3cc(Cl)ccc3N3CCCC3)C2=O)cc1. The van der Waals surface area contributed by atoms with Crippen LogP contribution in [0.3, 0.4) is 0 Å². The maximum atomic E-state index is 13.1. The van der Waals surface area contributed by atoms with Crippen LogP contribution in [0.1, 0.15) is 30.9 Å². The molecule has 0 radical (unpaired) electrons. The summed E-state index contributed by atoms with van der Waals surface area (Å²) >= 11 is 6.14. The zero-order chi connectivity index (χ0) is 22.2. The molecule has 2 N–H and O–H groups in total. The van der Waals surface area contributed by atoms with Gasteiger partial charge >= 0.3 is 6.03 Å². The smallest absolute Gasteiger partial charge is 0.325 e. The Kier molecular flexibility index (Phi) is 5.62. The highest BCUT2D eigenvalue weighted by Gasteiger charge is 2.49. The third-order valence-corrected chi connectivity index (χ3v) is 6.12. The fourth-order valence-electron chi connectivity index (χ4n) is 4.10. The molecular weight excluding hydrogens is 416 g/mol. The number of halogens is 1. The Balaban J connectivity index is 1.50. The summed E-state index contributed by atoms with van der Waals surface area (Å²) in [4.78, 5) is 41.5. The van der Waals surface area contributed by atoms with Crippen LogP contribution in [0.5, 0.6) is 0 Å². The van der Waals surface area contributed by atoms with Crippen molar-refractivity contribution in [2.45, 2.75) is 32.2 Å². The van der Waals surface area contributed by atoms with Crippen LogP contribution in [0.25, 0.3) is 0 Å². The van der Waals surface area contributed by atoms with Gasteiger partial charge in [-0.25, -0.2) is 4.79 Å². The number of hydrogen-bond donors (Lipinski definition) is 2. The molecule has 2 fully saturated rings. The summed E-state index contributed by atoms with van der Waals surface area (Å²) in [7, 11) is 0. The first-order valence-corrected chi connectivity index (χ1v) is 10.7. The van der Waals surface area contributed by atoms with Crippen LogP contribution in [0.2, 0.25) is 5.02 Å². The summed E-state index contributed by atoms with van der Waals surface area (Å²) in [6.07, 6.45) is 2.19. The molecule has 2 heterocycles. The van der Waals surface area contributed by atoms with Crippen LogP contribution in [-0.4, -0.2) is 42.4 Å². The van der Waals surface area contributed by atoms with Gasteiger partial charge in [-0.1, -0.05) is 41.4 Å². The Morgan fingerprint density at radius 1 is 1.13 bits per heavy atom. The van der Waals surface area contributed by atoms with Gasteiger partial charge in [-0.3, -0.25) is 14.5 Å². The molecule has 0 spiro atoms. The van der Waals surface area contributed by atoms with Gasteiger partial charge in [0.15, 0.2) is 0 Å². The number of aryl methyl sites for hydroxylation is 1. The van der Waals surface area contributed by atoms with Gasteiger partial charge in [0.25, 0.3) is 5.91 Å². The number of imide groups is 1. The van der Waals surface area contributed by atoms with Crippen molar-refractivity contribution in [3.05, 3.63) is 58.6 Å². The van der Waals surface area contributed by atoms with E-state index >= 15 is 0 Å². The molecule has 0 aliphatic carbocycles. The quantitative estimate of drug-likeness (QED) is 0.695. The molecule has 1 atom stereocenters. The molecule has 2 aromatic rings. The zero-order valence-corrected chi connectivity index (χ0v) is 18.3. The van der Waals surface area contributed by atoms with Crippen LogP contribution in [0.4, 0.5) is 16.2 Å². The predicted molar refractivity (Wildman–Crippen MR) is 120 cm³/mol. The number of rotatable bonds is 5. The fourth-order valence-corrected chi connectivity index (χ4v) is 4.27. The Hall–Kier alpha value is -3.06. The van der Waals surface area contributed by atoms with Crippen molar-refractivity contribution < 1.29 is 14.4 Å². The number of hydrogen-bond acceptors (Lipinski definition) is 4. The number of nitrogens with one attached hydrogen (secondary N) is 2. The molecule has 0 aromatic heterocycles. The lowest BCUT2D eigenvalue weighted by atomic mass is 9.91. The number of amides is 4. The third kappa shape index (κ3) is 4.10. The first-order valence-electron chi connectivity index (χ1n) is 10.3. The summed E-state index contributed by atoms with van der Waals surface area (Å²) in [5.41, 5.74) is 1.98. The molecule has 162 valence electrons. The highest BCUT2D eigenvalue weighted by atomic mass is 35.5. The summed E-state index contributed by atoms with van der Waals surface area (Å²) in [5.74, 6) is -0.915. The molecule has 0 saturated carbocycles. The van der Waals surface area contributed by atoms with Crippen molar-refractivity contribution in [3.63, 3.8) is 0 Å². The van der Waals surface area contributed by atoms with Gasteiger partial charge in [-0.2, -0.15) is 0 Å². The Morgan fingerprint density at radius 3 is 2.48 bits per heavy atom. The van der Waals surface area contributed by atoms with Crippen LogP contribution < -0.4 is 15.5 Å². The minimum absolute atomic E-state index is 0.377. The normalized spacial score (nSPS) is 20.9. The molecule has 2 aromatic carbocycles. The average molecular weight is 441 g/mol. The lowest BCUT2D eigenvalue weighted by Crippen LogP contribution is -2.42. The number of carbonyl (C=O) groups excluding carboxylic acids is 3. The van der Waals surface area contributed by atoms with Crippen molar-refractivity contribution in [1.82, 2.24) is 10.2 Å². The summed E-state index contributed by atoms with van der Waals surface area (Å²) in [6, 6.07) is 12.2. The predicted octanol–water partition coefficient (Wildman–Crippen LogP) is 3.65. The van der Waals surface area contributed by atoms with Crippen molar-refractivity contribution in [2.75, 3.05) is 29.9 Å². The Morgan fingerprint density at radius 2 is 1.81 bits per heavy atom. The third-order valence-electron chi connectivity index (χ3n) is 5.89. The minimum atomic E-state index is -1.21. The van der Waals surface area contributed by atoms with Crippen LogP contribution in [-0.2, 0) is 15.1 Å². The monoisotopic (exact) mass is 440 g/mol. The first-order chi connectivity index (χ1) is 14.8. The largest absolute Gasteiger partial charge is 0.370 e. The van der Waals surface area contributed by atoms with E-state index in [0.29, 0.717) is 16.3 Å². The summed E-state index contributed by atoms with van der Waals surface area (Å²) in [5, 5.41) is 6.06. The second kappa shape index (κ2) is 8.23. The van der Waals surface area contributed by atoms with Crippen LogP contribution >= 0.6 is 11.6 Å². The van der Waals surface area contributed by atoms with Crippen LogP contribution in [0, 0.1) is 6.92 Å². The van der Waals surface area contributed by atoms with E-state index in [-0.39, 0.29) is 6.54 Å². The second-order valence-electron chi connectivity index (χ2n) is 8.22. The Bertz CT molecular complexity index is 1030. The topological polar surface area (TPSA) is 81.8 Å². The van der Waals surface area contributed by atoms with E-state index in [2.05, 4.69) is 15.5 Å². The summed E-state index contributed by atoms with van der Waals surface area (Å²) < 4.78 is 0. The van der Waals surface area contributed by atoms with Gasteiger partial charge in [-0.05, 0) is 50.5 Å². The Labute approximate surface area is 186 Å². The van der Waals surface area contributed by atoms with Gasteiger partial charge in [0.1, 0.15) is 12.1 Å². The molecule has 1 unspecified atom stereocenters. The molecule has 31 heavy (non-hydrogen) atoms. The first kappa shape index (κ1) is 21.2. The number of urea groups is 1.